The third-order valence-corrected chi connectivity index (χ3v) is 3.69. The lowest BCUT2D eigenvalue weighted by Crippen LogP contribution is -2.42. The van der Waals surface area contributed by atoms with E-state index < -0.39 is 51.1 Å². The molecule has 3 N–H and O–H groups in total. The number of nitrogens with zero attached hydrogens (tertiary/aromatic N) is 1. The maximum Gasteiger partial charge on any atom is 0.321 e. The number of Topliss-reactive ketones (excluding diaryl/α,β-unsaturated/α-hetero) is 1. The van der Waals surface area contributed by atoms with Gasteiger partial charge in [0.2, 0.25) is 0 Å². The van der Waals surface area contributed by atoms with E-state index >= 15 is 0 Å². The number of carbonyl (C=O) groups excluding carboxylic acids is 2. The minimum absolute atomic E-state index is 0. The Hall–Kier alpha value is -1.83. The van der Waals surface area contributed by atoms with Crippen LogP contribution in [0.1, 0.15) is 64.0 Å². The fourth-order valence-electron chi connectivity index (χ4n) is 2.24. The van der Waals surface area contributed by atoms with Crippen LogP contribution >= 0.6 is 12.4 Å². The van der Waals surface area contributed by atoms with Gasteiger partial charge in [0.05, 0.1) is 5.56 Å². The quantitative estimate of drug-likeness (QED) is 0.529. The van der Waals surface area contributed by atoms with Crippen molar-refractivity contribution in [3.05, 3.63) is 23.8 Å². The molecule has 2 amide bonds. The number of hydrogen-bond acceptors (Lipinski definition) is 5. The summed E-state index contributed by atoms with van der Waals surface area (Å²) in [5.74, 6) is -0.348. The highest BCUT2D eigenvalue weighted by molar-refractivity contribution is 5.99. The van der Waals surface area contributed by atoms with E-state index in [9.17, 15) is 14.7 Å². The van der Waals surface area contributed by atoms with Crippen molar-refractivity contribution in [1.82, 2.24) is 10.2 Å². The number of ketones is 1. The molecule has 0 saturated heterocycles. The first kappa shape index (κ1) is 14.2. The molecule has 0 aliphatic carbocycles. The Labute approximate surface area is 186 Å². The predicted molar refractivity (Wildman–Crippen MR) is 115 cm³/mol. The topological polar surface area (TPSA) is 90.9 Å². The smallest absolute Gasteiger partial charge is 0.321 e. The largest absolute Gasteiger partial charge is 0.490 e. The molecule has 0 saturated carbocycles. The van der Waals surface area contributed by atoms with E-state index in [4.69, 9.17) is 17.1 Å². The minimum Gasteiger partial charge on any atom is -0.490 e. The zero-order valence-corrected chi connectivity index (χ0v) is 17.0. The van der Waals surface area contributed by atoms with Crippen molar-refractivity contribution in [2.45, 2.75) is 53.0 Å². The average molecular weight is 425 g/mol. The SMILES string of the molecule is Cl.[2H]C([2H])([2H])C(NC[C@H](O)COc1ccc(NC(=O)N(CC)CC)cc1C(C)=O)(C([2H])([2H])[2H])C([2H])([2H])[2H]. The third-order valence-electron chi connectivity index (χ3n) is 3.69. The number of carbonyl (C=O) groups is 2. The summed E-state index contributed by atoms with van der Waals surface area (Å²) >= 11 is 0. The lowest BCUT2D eigenvalue weighted by atomic mass is 10.1. The summed E-state index contributed by atoms with van der Waals surface area (Å²) in [5.41, 5.74) is -2.86. The Morgan fingerprint density at radius 3 is 2.46 bits per heavy atom. The van der Waals surface area contributed by atoms with Gasteiger partial charge in [-0.1, -0.05) is 0 Å². The Morgan fingerprint density at radius 2 is 1.93 bits per heavy atom. The second-order valence-corrected chi connectivity index (χ2v) is 5.97. The van der Waals surface area contributed by atoms with E-state index in [1.54, 1.807) is 4.90 Å². The molecule has 0 radical (unpaired) electrons. The number of nitrogens with one attached hydrogen (secondary N) is 2. The molecule has 0 aromatic heterocycles. The second-order valence-electron chi connectivity index (χ2n) is 5.97. The maximum atomic E-state index is 12.3. The lowest BCUT2D eigenvalue weighted by Gasteiger charge is -2.23. The van der Waals surface area contributed by atoms with Crippen LogP contribution in [0, 0.1) is 0 Å². The zero-order valence-electron chi connectivity index (χ0n) is 25.2. The first-order valence-electron chi connectivity index (χ1n) is 13.1. The van der Waals surface area contributed by atoms with Gasteiger partial charge in [0, 0.05) is 43.2 Å². The average Bonchev–Trinajstić information content (AvgIpc) is 2.70. The molecule has 8 heteroatoms. The van der Waals surface area contributed by atoms with Crippen LogP contribution in [0.5, 0.6) is 5.75 Å². The summed E-state index contributed by atoms with van der Waals surface area (Å²) in [5, 5.41) is 15.0. The molecule has 1 rings (SSSR count). The fraction of sp³-hybridized carbons (Fsp3) is 0.600. The summed E-state index contributed by atoms with van der Waals surface area (Å²) in [6.45, 7) is -5.75. The van der Waals surface area contributed by atoms with Crippen LogP contribution in [0.4, 0.5) is 10.5 Å². The molecule has 0 aliphatic rings. The maximum absolute atomic E-state index is 12.3. The molecule has 1 aromatic carbocycles. The van der Waals surface area contributed by atoms with Gasteiger partial charge in [-0.2, -0.15) is 0 Å². The van der Waals surface area contributed by atoms with E-state index in [2.05, 4.69) is 5.32 Å². The molecule has 7 nitrogen and oxygen atoms in total. The Bertz CT molecular complexity index is 884. The van der Waals surface area contributed by atoms with Gasteiger partial charge >= 0.3 is 6.03 Å². The molecule has 0 fully saturated rings. The number of aliphatic hydroxyl groups is 1. The van der Waals surface area contributed by atoms with Crippen LogP contribution in [-0.2, 0) is 0 Å². The summed E-state index contributed by atoms with van der Waals surface area (Å²) < 4.78 is 73.8. The normalized spacial score (nSPS) is 18.1. The highest BCUT2D eigenvalue weighted by Crippen LogP contribution is 2.24. The molecule has 1 aromatic rings. The molecular formula is C20H34ClN3O4. The number of aliphatic hydroxyl groups excluding tert-OH is 1. The van der Waals surface area contributed by atoms with Gasteiger partial charge < -0.3 is 25.4 Å². The van der Waals surface area contributed by atoms with E-state index in [1.165, 1.54) is 25.1 Å². The Balaban J connectivity index is 0.0000130. The summed E-state index contributed by atoms with van der Waals surface area (Å²) in [4.78, 5) is 25.9. The van der Waals surface area contributed by atoms with Crippen LogP contribution in [-0.4, -0.2) is 59.7 Å². The lowest BCUT2D eigenvalue weighted by molar-refractivity contribution is 0.0950. The first-order chi connectivity index (χ1) is 16.3. The summed E-state index contributed by atoms with van der Waals surface area (Å²) in [6.07, 6.45) is -1.53. The van der Waals surface area contributed by atoms with Crippen molar-refractivity contribution >= 4 is 29.9 Å². The van der Waals surface area contributed by atoms with Crippen molar-refractivity contribution in [3.8, 4) is 5.75 Å². The summed E-state index contributed by atoms with van der Waals surface area (Å²) in [6, 6.07) is 3.92. The van der Waals surface area contributed by atoms with E-state index in [1.807, 2.05) is 19.2 Å². The molecule has 160 valence electrons. The number of ether oxygens (including phenoxy) is 1. The van der Waals surface area contributed by atoms with Crippen LogP contribution in [0.25, 0.3) is 0 Å². The third kappa shape index (κ3) is 8.91. The first-order valence-corrected chi connectivity index (χ1v) is 8.59. The van der Waals surface area contributed by atoms with Crippen LogP contribution < -0.4 is 15.4 Å². The van der Waals surface area contributed by atoms with Gasteiger partial charge in [-0.3, -0.25) is 4.79 Å². The summed E-state index contributed by atoms with van der Waals surface area (Å²) in [7, 11) is 0. The Kier molecular flexibility index (Phi) is 6.03. The van der Waals surface area contributed by atoms with Gasteiger partial charge in [0.1, 0.15) is 18.5 Å². The fourth-order valence-corrected chi connectivity index (χ4v) is 2.24. The van der Waals surface area contributed by atoms with Gasteiger partial charge in [0.15, 0.2) is 5.78 Å². The number of urea groups is 1. The number of rotatable bonds is 9. The van der Waals surface area contributed by atoms with Gasteiger partial charge in [0.25, 0.3) is 0 Å². The molecule has 0 heterocycles. The zero-order chi connectivity index (χ0) is 28.1. The Morgan fingerprint density at radius 1 is 1.29 bits per heavy atom. The number of hydrogen-bond donors (Lipinski definition) is 3. The van der Waals surface area contributed by atoms with Crippen molar-refractivity contribution in [3.63, 3.8) is 0 Å². The van der Waals surface area contributed by atoms with Crippen LogP contribution in [0.2, 0.25) is 0 Å². The molecule has 1 atom stereocenters. The van der Waals surface area contributed by atoms with Crippen molar-refractivity contribution in [2.24, 2.45) is 0 Å². The van der Waals surface area contributed by atoms with E-state index in [0.717, 1.165) is 0 Å². The predicted octanol–water partition coefficient (Wildman–Crippen LogP) is 3.31. The monoisotopic (exact) mass is 424 g/mol. The molecule has 0 aliphatic heterocycles. The molecule has 0 unspecified atom stereocenters. The molecule has 28 heavy (non-hydrogen) atoms. The second kappa shape index (κ2) is 11.9. The number of β-amino-alcohol motifs (C(OH)–C–C–N with tert-alkyl or cyclic N) is 1. The van der Waals surface area contributed by atoms with Crippen LogP contribution in [0.15, 0.2) is 18.2 Å². The molecule has 0 bridgehead atoms. The van der Waals surface area contributed by atoms with Crippen molar-refractivity contribution < 1.29 is 31.8 Å². The van der Waals surface area contributed by atoms with Gasteiger partial charge in [-0.25, -0.2) is 4.79 Å². The van der Waals surface area contributed by atoms with E-state index in [-0.39, 0.29) is 29.8 Å². The highest BCUT2D eigenvalue weighted by atomic mass is 35.5. The number of amides is 2. The van der Waals surface area contributed by atoms with Crippen molar-refractivity contribution in [1.29, 1.82) is 0 Å². The van der Waals surface area contributed by atoms with Crippen LogP contribution in [0.3, 0.4) is 0 Å². The van der Waals surface area contributed by atoms with E-state index in [0.29, 0.717) is 18.8 Å². The van der Waals surface area contributed by atoms with Crippen molar-refractivity contribution in [2.75, 3.05) is 31.6 Å². The minimum atomic E-state index is -3.46. The van der Waals surface area contributed by atoms with Gasteiger partial charge in [-0.05, 0) is 59.5 Å². The number of benzene rings is 1. The number of halogens is 1. The highest BCUT2D eigenvalue weighted by Gasteiger charge is 2.16. The number of anilines is 1. The standard InChI is InChI=1S/C20H33N3O4.ClH/c1-7-23(8-2)19(26)22-15-9-10-18(17(11-15)14(3)24)27-13-16(25)12-21-20(4,5)6;/h9-11,16,21,25H,7-8,12-13H2,1-6H3,(H,22,26);1H/t16-;/m0./s1/i4D3,5D3,6D3;. The molecular weight excluding hydrogens is 382 g/mol. The molecule has 0 spiro atoms. The van der Waals surface area contributed by atoms with Gasteiger partial charge in [-0.15, -0.1) is 12.4 Å².